The number of furan rings is 1. The van der Waals surface area contributed by atoms with Gasteiger partial charge < -0.3 is 29.3 Å². The van der Waals surface area contributed by atoms with Gasteiger partial charge in [0.15, 0.2) is 11.6 Å². The van der Waals surface area contributed by atoms with Gasteiger partial charge in [-0.25, -0.2) is 0 Å². The van der Waals surface area contributed by atoms with Crippen molar-refractivity contribution in [2.45, 2.75) is 13.8 Å². The third-order valence-corrected chi connectivity index (χ3v) is 6.34. The average molecular weight is 521 g/mol. The van der Waals surface area contributed by atoms with E-state index in [-0.39, 0.29) is 0 Å². The van der Waals surface area contributed by atoms with Crippen molar-refractivity contribution in [3.05, 3.63) is 59.9 Å². The van der Waals surface area contributed by atoms with Gasteiger partial charge in [-0.1, -0.05) is 25.4 Å². The summed E-state index contributed by atoms with van der Waals surface area (Å²) in [6, 6.07) is 13.0. The molecule has 1 fully saturated rings. The largest absolute Gasteiger partial charge is 0.463 e. The third-order valence-electron chi connectivity index (χ3n) is 5.95. The topological polar surface area (TPSA) is 111 Å². The Morgan fingerprint density at radius 3 is 2.65 bits per heavy atom. The Morgan fingerprint density at radius 1 is 1.03 bits per heavy atom. The van der Waals surface area contributed by atoms with Gasteiger partial charge in [-0.2, -0.15) is 15.1 Å². The van der Waals surface area contributed by atoms with Gasteiger partial charge in [-0.3, -0.25) is 5.10 Å². The van der Waals surface area contributed by atoms with Crippen molar-refractivity contribution in [1.29, 1.82) is 0 Å². The lowest BCUT2D eigenvalue weighted by molar-refractivity contribution is 0.310. The zero-order chi connectivity index (χ0) is 25.8. The van der Waals surface area contributed by atoms with Crippen molar-refractivity contribution in [2.24, 2.45) is 0 Å². The van der Waals surface area contributed by atoms with Crippen LogP contribution in [0, 0.1) is 0 Å². The van der Waals surface area contributed by atoms with Crippen molar-refractivity contribution < 1.29 is 9.15 Å². The summed E-state index contributed by atoms with van der Waals surface area (Å²) in [5, 5.41) is 12.0. The number of anilines is 3. The van der Waals surface area contributed by atoms with E-state index in [1.807, 2.05) is 56.4 Å². The van der Waals surface area contributed by atoms with Crippen LogP contribution in [0.1, 0.15) is 13.8 Å². The number of nitrogens with one attached hydrogen (secondary N) is 3. The maximum absolute atomic E-state index is 6.62. The van der Waals surface area contributed by atoms with Crippen molar-refractivity contribution in [3.63, 3.8) is 0 Å². The van der Waals surface area contributed by atoms with E-state index in [4.69, 9.17) is 30.7 Å². The fraction of sp³-hybridized carbons (Fsp3) is 0.269. The summed E-state index contributed by atoms with van der Waals surface area (Å²) in [4.78, 5) is 17.0. The monoisotopic (exact) mass is 520 g/mol. The van der Waals surface area contributed by atoms with Gasteiger partial charge in [0, 0.05) is 55.4 Å². The fourth-order valence-corrected chi connectivity index (χ4v) is 4.29. The molecule has 1 saturated heterocycles. The molecule has 4 aromatic heterocycles. The van der Waals surface area contributed by atoms with Crippen LogP contribution in [0.4, 0.5) is 17.6 Å². The number of rotatable bonds is 6. The molecule has 1 aliphatic rings. The second kappa shape index (κ2) is 10.9. The summed E-state index contributed by atoms with van der Waals surface area (Å²) in [6.07, 6.45) is 3.47. The summed E-state index contributed by atoms with van der Waals surface area (Å²) in [6.45, 7) is 7.50. The first-order valence-electron chi connectivity index (χ1n) is 12.2. The highest BCUT2D eigenvalue weighted by atomic mass is 35.5. The highest BCUT2D eigenvalue weighted by molar-refractivity contribution is 6.36. The molecule has 0 amide bonds. The Balaban J connectivity index is 0.00000137. The highest BCUT2D eigenvalue weighted by Crippen LogP contribution is 2.36. The van der Waals surface area contributed by atoms with E-state index < -0.39 is 0 Å². The second-order valence-corrected chi connectivity index (χ2v) is 8.75. The zero-order valence-electron chi connectivity index (χ0n) is 21.0. The van der Waals surface area contributed by atoms with Crippen LogP contribution in [0.25, 0.3) is 22.4 Å². The van der Waals surface area contributed by atoms with E-state index in [2.05, 4.69) is 37.3 Å². The van der Waals surface area contributed by atoms with Gasteiger partial charge in [0.25, 0.3) is 0 Å². The molecule has 6 rings (SSSR count). The minimum Gasteiger partial charge on any atom is -0.463 e. The number of aromatic nitrogens is 5. The summed E-state index contributed by atoms with van der Waals surface area (Å²) in [5.74, 6) is 3.34. The molecule has 37 heavy (non-hydrogen) atoms. The average Bonchev–Trinajstić information content (AvgIpc) is 3.69. The Labute approximate surface area is 219 Å². The Morgan fingerprint density at radius 2 is 1.86 bits per heavy atom. The SMILES string of the molecule is CC.CN1CCN(c2nc(Nc3cc(-c4ccco4)[nH]n3)cc(Oc3ccc4[nH]ccc4c3Cl)n2)CC1. The van der Waals surface area contributed by atoms with Crippen LogP contribution in [0.2, 0.25) is 5.02 Å². The van der Waals surface area contributed by atoms with Crippen LogP contribution in [0.5, 0.6) is 11.6 Å². The molecule has 0 unspecified atom stereocenters. The predicted octanol–water partition coefficient (Wildman–Crippen LogP) is 5.91. The summed E-state index contributed by atoms with van der Waals surface area (Å²) in [5.41, 5.74) is 1.70. The lowest BCUT2D eigenvalue weighted by Gasteiger charge is -2.32. The number of halogens is 1. The third kappa shape index (κ3) is 5.40. The standard InChI is InChI=1S/C24H23ClN8O2.C2H6/c1-32-8-10-33(11-9-32)24-28-20(27-21-13-17(30-31-21)18-3-2-12-34-18)14-22(29-24)35-19-5-4-16-15(23(19)25)6-7-26-16;1-2/h2-7,12-14,26H,8-11H2,1H3,(H2,27,28,29,30,31);1-2H3. The normalized spacial score (nSPS) is 13.9. The van der Waals surface area contributed by atoms with Crippen LogP contribution < -0.4 is 15.0 Å². The lowest BCUT2D eigenvalue weighted by atomic mass is 10.2. The van der Waals surface area contributed by atoms with Gasteiger partial charge in [0.2, 0.25) is 11.8 Å². The first kappa shape index (κ1) is 24.7. The summed E-state index contributed by atoms with van der Waals surface area (Å²) < 4.78 is 11.6. The Bertz CT molecular complexity index is 1450. The molecule has 0 spiro atoms. The van der Waals surface area contributed by atoms with E-state index in [9.17, 15) is 0 Å². The number of benzene rings is 1. The zero-order valence-corrected chi connectivity index (χ0v) is 21.7. The molecule has 0 atom stereocenters. The van der Waals surface area contributed by atoms with E-state index in [0.717, 1.165) is 42.8 Å². The number of ether oxygens (including phenoxy) is 1. The first-order chi connectivity index (χ1) is 18.1. The van der Waals surface area contributed by atoms with Crippen LogP contribution in [-0.4, -0.2) is 63.3 Å². The molecule has 1 aromatic carbocycles. The fourth-order valence-electron chi connectivity index (χ4n) is 4.02. The van der Waals surface area contributed by atoms with E-state index in [0.29, 0.717) is 40.0 Å². The molecule has 0 aliphatic carbocycles. The number of nitrogens with zero attached hydrogens (tertiary/aromatic N) is 5. The van der Waals surface area contributed by atoms with Crippen LogP contribution in [-0.2, 0) is 0 Å². The number of aromatic amines is 2. The Kier molecular flexibility index (Phi) is 7.29. The molecule has 0 saturated carbocycles. The van der Waals surface area contributed by atoms with Crippen molar-refractivity contribution in [1.82, 2.24) is 30.0 Å². The van der Waals surface area contributed by atoms with Crippen molar-refractivity contribution >= 4 is 40.1 Å². The molecule has 5 heterocycles. The molecule has 192 valence electrons. The molecule has 10 nitrogen and oxygen atoms in total. The van der Waals surface area contributed by atoms with E-state index in [1.54, 1.807) is 12.3 Å². The number of fused-ring (bicyclic) bond motifs is 1. The number of hydrogen-bond acceptors (Lipinski definition) is 8. The van der Waals surface area contributed by atoms with E-state index in [1.165, 1.54) is 0 Å². The Hall–Kier alpha value is -4.02. The van der Waals surface area contributed by atoms with Crippen molar-refractivity contribution in [3.8, 4) is 23.1 Å². The number of likely N-dealkylation sites (N-methyl/N-ethyl adjacent to an activating group) is 1. The maximum Gasteiger partial charge on any atom is 0.230 e. The molecular weight excluding hydrogens is 492 g/mol. The number of H-pyrrole nitrogens is 2. The second-order valence-electron chi connectivity index (χ2n) is 8.37. The molecule has 0 radical (unpaired) electrons. The van der Waals surface area contributed by atoms with Gasteiger partial charge in [0.05, 0.1) is 11.3 Å². The number of piperazine rings is 1. The molecule has 1 aliphatic heterocycles. The minimum atomic E-state index is 0.384. The molecule has 3 N–H and O–H groups in total. The first-order valence-corrected chi connectivity index (χ1v) is 12.6. The molecule has 11 heteroatoms. The summed E-state index contributed by atoms with van der Waals surface area (Å²) >= 11 is 6.62. The quantitative estimate of drug-likeness (QED) is 0.253. The smallest absolute Gasteiger partial charge is 0.230 e. The van der Waals surface area contributed by atoms with Gasteiger partial charge in [-0.05, 0) is 37.4 Å². The molecule has 5 aromatic rings. The van der Waals surface area contributed by atoms with E-state index >= 15 is 0 Å². The highest BCUT2D eigenvalue weighted by Gasteiger charge is 2.20. The van der Waals surface area contributed by atoms with Gasteiger partial charge in [0.1, 0.15) is 17.3 Å². The predicted molar refractivity (Wildman–Crippen MR) is 146 cm³/mol. The maximum atomic E-state index is 6.62. The minimum absolute atomic E-state index is 0.384. The van der Waals surface area contributed by atoms with Gasteiger partial charge >= 0.3 is 0 Å². The summed E-state index contributed by atoms with van der Waals surface area (Å²) in [7, 11) is 2.11. The lowest BCUT2D eigenvalue weighted by Crippen LogP contribution is -2.45. The van der Waals surface area contributed by atoms with Crippen LogP contribution >= 0.6 is 11.6 Å². The molecule has 0 bridgehead atoms. The van der Waals surface area contributed by atoms with Crippen LogP contribution in [0.15, 0.2) is 59.3 Å². The van der Waals surface area contributed by atoms with Gasteiger partial charge in [-0.15, -0.1) is 0 Å². The van der Waals surface area contributed by atoms with Crippen molar-refractivity contribution in [2.75, 3.05) is 43.4 Å². The molecular formula is C26H29ClN8O2. The number of hydrogen-bond donors (Lipinski definition) is 3. The van der Waals surface area contributed by atoms with Crippen LogP contribution in [0.3, 0.4) is 0 Å².